The smallest absolute Gasteiger partial charge is 0.404 e. The molecule has 1 aliphatic heterocycles. The van der Waals surface area contributed by atoms with E-state index in [0.717, 1.165) is 34.5 Å². The molecule has 0 spiro atoms. The van der Waals surface area contributed by atoms with Crippen LogP contribution in [-0.2, 0) is 20.9 Å². The van der Waals surface area contributed by atoms with E-state index in [4.69, 9.17) is 10.5 Å². The average Bonchev–Trinajstić information content (AvgIpc) is 3.43. The molecule has 2 heterocycles. The van der Waals surface area contributed by atoms with Crippen molar-refractivity contribution in [3.05, 3.63) is 66.5 Å². The number of primary amides is 1. The van der Waals surface area contributed by atoms with Crippen molar-refractivity contribution in [2.24, 2.45) is 11.1 Å². The Bertz CT molecular complexity index is 1410. The number of nitrogens with zero attached hydrogens (tertiary/aromatic N) is 3. The van der Waals surface area contributed by atoms with Gasteiger partial charge < -0.3 is 26.0 Å². The number of benzene rings is 2. The highest BCUT2D eigenvalue weighted by molar-refractivity contribution is 5.95. The Morgan fingerprint density at radius 2 is 1.81 bits per heavy atom. The summed E-state index contributed by atoms with van der Waals surface area (Å²) in [4.78, 5) is 38.1. The molecule has 230 valence electrons. The van der Waals surface area contributed by atoms with Gasteiger partial charge in [-0.25, -0.2) is 4.79 Å². The van der Waals surface area contributed by atoms with E-state index in [9.17, 15) is 14.4 Å². The van der Waals surface area contributed by atoms with Crippen LogP contribution < -0.4 is 21.3 Å². The minimum atomic E-state index is -0.831. The van der Waals surface area contributed by atoms with Gasteiger partial charge in [-0.3, -0.25) is 14.3 Å². The molecule has 1 unspecified atom stereocenters. The fourth-order valence-corrected chi connectivity index (χ4v) is 5.56. The number of hydrogen-bond acceptors (Lipinski definition) is 6. The van der Waals surface area contributed by atoms with Gasteiger partial charge in [-0.2, -0.15) is 5.10 Å². The summed E-state index contributed by atoms with van der Waals surface area (Å²) in [6, 6.07) is 16.6. The topological polar surface area (TPSA) is 132 Å². The first-order valence-corrected chi connectivity index (χ1v) is 15.0. The van der Waals surface area contributed by atoms with Crippen LogP contribution in [0.2, 0.25) is 0 Å². The Kier molecular flexibility index (Phi) is 10.1. The van der Waals surface area contributed by atoms with Gasteiger partial charge in [0.2, 0.25) is 11.8 Å². The number of rotatable bonds is 11. The number of amides is 3. The summed E-state index contributed by atoms with van der Waals surface area (Å²) in [5.74, 6) is 0.0320. The molecule has 3 amide bonds. The molecule has 1 aliphatic rings. The van der Waals surface area contributed by atoms with E-state index in [2.05, 4.69) is 53.0 Å². The van der Waals surface area contributed by atoms with Crippen molar-refractivity contribution in [3.8, 4) is 11.1 Å². The molecule has 0 radical (unpaired) electrons. The van der Waals surface area contributed by atoms with Gasteiger partial charge in [0.1, 0.15) is 6.10 Å². The minimum absolute atomic E-state index is 0.103. The van der Waals surface area contributed by atoms with Crippen molar-refractivity contribution in [1.82, 2.24) is 15.1 Å². The van der Waals surface area contributed by atoms with Gasteiger partial charge in [0, 0.05) is 48.6 Å². The zero-order chi connectivity index (χ0) is 31.1. The van der Waals surface area contributed by atoms with Crippen molar-refractivity contribution < 1.29 is 19.1 Å². The molecule has 0 fully saturated rings. The Morgan fingerprint density at radius 1 is 1.09 bits per heavy atom. The molecule has 2 aromatic carbocycles. The van der Waals surface area contributed by atoms with Gasteiger partial charge in [-0.05, 0) is 54.5 Å². The number of nitrogens with one attached hydrogen (secondary N) is 2. The molecule has 10 heteroatoms. The first-order valence-electron chi connectivity index (χ1n) is 15.0. The van der Waals surface area contributed by atoms with E-state index < -0.39 is 12.2 Å². The van der Waals surface area contributed by atoms with Crippen LogP contribution in [0.25, 0.3) is 11.1 Å². The predicted octanol–water partition coefficient (Wildman–Crippen LogP) is 5.64. The summed E-state index contributed by atoms with van der Waals surface area (Å²) in [5, 5.41) is 11.0. The van der Waals surface area contributed by atoms with Crippen LogP contribution in [0.1, 0.15) is 71.9 Å². The minimum Gasteiger partial charge on any atom is -0.446 e. The van der Waals surface area contributed by atoms with Crippen LogP contribution in [0.15, 0.2) is 60.9 Å². The summed E-state index contributed by atoms with van der Waals surface area (Å²) in [6.07, 6.45) is 4.46. The lowest BCUT2D eigenvalue weighted by Gasteiger charge is -2.40. The van der Waals surface area contributed by atoms with Crippen LogP contribution >= 0.6 is 0 Å². The third-order valence-electron chi connectivity index (χ3n) is 7.87. The number of nitrogens with two attached hydrogens (primary N) is 1. The van der Waals surface area contributed by atoms with Gasteiger partial charge in [0.15, 0.2) is 0 Å². The third-order valence-corrected chi connectivity index (χ3v) is 7.87. The molecule has 0 aliphatic carbocycles. The van der Waals surface area contributed by atoms with Crippen LogP contribution in [0.4, 0.5) is 16.2 Å². The summed E-state index contributed by atoms with van der Waals surface area (Å²) in [6.45, 7) is 10.8. The van der Waals surface area contributed by atoms with E-state index in [1.807, 2.05) is 63.2 Å². The normalized spacial score (nSPS) is 17.1. The summed E-state index contributed by atoms with van der Waals surface area (Å²) in [7, 11) is 0. The lowest BCUT2D eigenvalue weighted by Crippen LogP contribution is -2.44. The van der Waals surface area contributed by atoms with Crippen molar-refractivity contribution in [2.45, 2.75) is 85.0 Å². The molecule has 0 bridgehead atoms. The number of carbonyl (C=O) groups is 3. The lowest BCUT2D eigenvalue weighted by molar-refractivity contribution is -0.122. The first-order chi connectivity index (χ1) is 20.5. The summed E-state index contributed by atoms with van der Waals surface area (Å²) in [5.41, 5.74) is 10.0. The number of aromatic nitrogens is 2. The maximum atomic E-state index is 12.6. The zero-order valence-corrected chi connectivity index (χ0v) is 25.8. The Hall–Kier alpha value is -4.34. The fraction of sp³-hybridized carbons (Fsp3) is 0.455. The molecular formula is C33H44N6O4. The SMILES string of the molecule is CCC(=O)N1c2ccccc2[C@H](Nc2ccc(-c3cnn(CCNC(=O)CCC(OC(N)=O)C(C)(C)C)c3)cc2)C[C@@H]1C. The number of fused-ring (bicyclic) bond motifs is 1. The molecule has 1 aromatic heterocycles. The Labute approximate surface area is 254 Å². The highest BCUT2D eigenvalue weighted by Gasteiger charge is 2.33. The Balaban J connectivity index is 1.30. The zero-order valence-electron chi connectivity index (χ0n) is 25.8. The van der Waals surface area contributed by atoms with Gasteiger partial charge in [-0.15, -0.1) is 0 Å². The van der Waals surface area contributed by atoms with E-state index in [1.165, 1.54) is 0 Å². The van der Waals surface area contributed by atoms with Crippen LogP contribution in [-0.4, -0.2) is 46.4 Å². The molecular weight excluding hydrogens is 544 g/mol. The van der Waals surface area contributed by atoms with Gasteiger partial charge >= 0.3 is 6.09 Å². The number of ether oxygens (including phenoxy) is 1. The van der Waals surface area contributed by atoms with Gasteiger partial charge in [-0.1, -0.05) is 58.0 Å². The van der Waals surface area contributed by atoms with E-state index in [1.54, 1.807) is 4.68 Å². The number of hydrogen-bond donors (Lipinski definition) is 3. The molecule has 0 saturated carbocycles. The van der Waals surface area contributed by atoms with Crippen LogP contribution in [0.5, 0.6) is 0 Å². The van der Waals surface area contributed by atoms with Crippen molar-refractivity contribution in [1.29, 1.82) is 0 Å². The molecule has 0 saturated heterocycles. The second-order valence-corrected chi connectivity index (χ2v) is 12.2. The largest absolute Gasteiger partial charge is 0.446 e. The lowest BCUT2D eigenvalue weighted by atomic mass is 9.86. The van der Waals surface area contributed by atoms with E-state index >= 15 is 0 Å². The summed E-state index contributed by atoms with van der Waals surface area (Å²) >= 11 is 0. The Morgan fingerprint density at radius 3 is 2.49 bits per heavy atom. The molecule has 10 nitrogen and oxygen atoms in total. The molecule has 3 aromatic rings. The second-order valence-electron chi connectivity index (χ2n) is 12.2. The molecule has 43 heavy (non-hydrogen) atoms. The van der Waals surface area contributed by atoms with Crippen molar-refractivity contribution in [3.63, 3.8) is 0 Å². The fourth-order valence-electron chi connectivity index (χ4n) is 5.56. The van der Waals surface area contributed by atoms with Crippen molar-refractivity contribution >= 4 is 29.3 Å². The average molecular weight is 589 g/mol. The predicted molar refractivity (Wildman–Crippen MR) is 168 cm³/mol. The maximum Gasteiger partial charge on any atom is 0.404 e. The van der Waals surface area contributed by atoms with Crippen molar-refractivity contribution in [2.75, 3.05) is 16.8 Å². The summed E-state index contributed by atoms with van der Waals surface area (Å²) < 4.78 is 7.00. The number of para-hydroxylation sites is 1. The standard InChI is InChI=1S/C33H44N6O4/c1-6-31(41)39-22(2)19-27(26-9-7-8-10-28(26)39)37-25-13-11-23(12-14-25)24-20-36-38(21-24)18-17-35-30(40)16-15-29(33(3,4)5)43-32(34)42/h7-14,20-22,27,29,37H,6,15-19H2,1-5H3,(H2,34,42)(H,35,40)/t22-,27+,29?/m0/s1. The third kappa shape index (κ3) is 8.15. The van der Waals surface area contributed by atoms with E-state index in [0.29, 0.717) is 25.9 Å². The quantitative estimate of drug-likeness (QED) is 0.265. The van der Waals surface area contributed by atoms with E-state index in [-0.39, 0.29) is 35.7 Å². The first kappa shape index (κ1) is 31.6. The highest BCUT2D eigenvalue weighted by Crippen LogP contribution is 2.39. The van der Waals surface area contributed by atoms with Gasteiger partial charge in [0.25, 0.3) is 0 Å². The second kappa shape index (κ2) is 13.8. The molecule has 4 N–H and O–H groups in total. The highest BCUT2D eigenvalue weighted by atomic mass is 16.6. The number of anilines is 2. The number of carbonyl (C=O) groups excluding carboxylic acids is 3. The maximum absolute atomic E-state index is 12.6. The van der Waals surface area contributed by atoms with Gasteiger partial charge in [0.05, 0.1) is 18.8 Å². The molecule has 3 atom stereocenters. The van der Waals surface area contributed by atoms with Crippen LogP contribution in [0.3, 0.4) is 0 Å². The molecule has 4 rings (SSSR count). The monoisotopic (exact) mass is 588 g/mol. The van der Waals surface area contributed by atoms with Crippen LogP contribution in [0, 0.1) is 5.41 Å².